The van der Waals surface area contributed by atoms with Crippen LogP contribution < -0.4 is 0 Å². The molecular formula is C21H25ClN6O. The van der Waals surface area contributed by atoms with E-state index in [1.807, 2.05) is 28.9 Å². The number of rotatable bonds is 5. The number of nitrogens with zero attached hydrogens (tertiary/aromatic N) is 6. The SMILES string of the molecule is CN(C)C(=O)c1nc2ccc(Cl)cn2c1CN1CCN(Cc2cccnc2)CC1. The Labute approximate surface area is 175 Å². The summed E-state index contributed by atoms with van der Waals surface area (Å²) in [4.78, 5) is 27.9. The van der Waals surface area contributed by atoms with Crippen LogP contribution in [0.1, 0.15) is 21.7 Å². The Balaban J connectivity index is 1.50. The molecule has 3 aromatic rings. The average Bonchev–Trinajstić information content (AvgIpc) is 3.07. The van der Waals surface area contributed by atoms with Crippen molar-refractivity contribution in [3.05, 3.63) is 64.8 Å². The standard InChI is InChI=1S/C21H25ClN6O/c1-25(2)21(29)20-18(28-14-17(22)5-6-19(28)24-20)15-27-10-8-26(9-11-27)13-16-4-3-7-23-12-16/h3-7,12,14H,8-11,13,15H2,1-2H3. The fourth-order valence-corrected chi connectivity index (χ4v) is 3.83. The Morgan fingerprint density at radius 3 is 2.48 bits per heavy atom. The van der Waals surface area contributed by atoms with Crippen molar-refractivity contribution in [2.45, 2.75) is 13.1 Å². The molecule has 7 nitrogen and oxygen atoms in total. The molecule has 0 N–H and O–H groups in total. The molecule has 1 fully saturated rings. The van der Waals surface area contributed by atoms with E-state index in [-0.39, 0.29) is 5.91 Å². The highest BCUT2D eigenvalue weighted by Crippen LogP contribution is 2.20. The van der Waals surface area contributed by atoms with Crippen LogP contribution in [0.5, 0.6) is 0 Å². The molecule has 4 heterocycles. The molecule has 8 heteroatoms. The number of hydrogen-bond donors (Lipinski definition) is 0. The van der Waals surface area contributed by atoms with E-state index in [1.54, 1.807) is 31.3 Å². The molecule has 1 saturated heterocycles. The van der Waals surface area contributed by atoms with Crippen molar-refractivity contribution in [3.8, 4) is 0 Å². The van der Waals surface area contributed by atoms with Gasteiger partial charge < -0.3 is 9.30 Å². The maximum absolute atomic E-state index is 12.7. The number of piperazine rings is 1. The van der Waals surface area contributed by atoms with Gasteiger partial charge in [0.05, 0.1) is 10.7 Å². The Morgan fingerprint density at radius 1 is 1.10 bits per heavy atom. The summed E-state index contributed by atoms with van der Waals surface area (Å²) in [6.45, 7) is 5.40. The number of carbonyl (C=O) groups is 1. The lowest BCUT2D eigenvalue weighted by Gasteiger charge is -2.34. The molecule has 0 radical (unpaired) electrons. The summed E-state index contributed by atoms with van der Waals surface area (Å²) in [5.74, 6) is -0.0879. The maximum Gasteiger partial charge on any atom is 0.273 e. The van der Waals surface area contributed by atoms with E-state index in [1.165, 1.54) is 5.56 Å². The Kier molecular flexibility index (Phi) is 5.80. The van der Waals surface area contributed by atoms with Crippen molar-refractivity contribution in [2.24, 2.45) is 0 Å². The fourth-order valence-electron chi connectivity index (χ4n) is 3.67. The first-order valence-corrected chi connectivity index (χ1v) is 10.1. The van der Waals surface area contributed by atoms with Gasteiger partial charge in [-0.3, -0.25) is 19.6 Å². The van der Waals surface area contributed by atoms with Crippen molar-refractivity contribution < 1.29 is 4.79 Å². The second kappa shape index (κ2) is 8.49. The van der Waals surface area contributed by atoms with E-state index < -0.39 is 0 Å². The van der Waals surface area contributed by atoms with Gasteiger partial charge in [0, 0.05) is 72.0 Å². The van der Waals surface area contributed by atoms with Gasteiger partial charge >= 0.3 is 0 Å². The molecule has 0 atom stereocenters. The van der Waals surface area contributed by atoms with E-state index in [0.717, 1.165) is 44.1 Å². The minimum Gasteiger partial charge on any atom is -0.343 e. The number of hydrogen-bond acceptors (Lipinski definition) is 5. The fraction of sp³-hybridized carbons (Fsp3) is 0.381. The quantitative estimate of drug-likeness (QED) is 0.644. The highest BCUT2D eigenvalue weighted by atomic mass is 35.5. The van der Waals surface area contributed by atoms with Gasteiger partial charge in [0.15, 0.2) is 5.69 Å². The first kappa shape index (κ1) is 19.8. The normalized spacial score (nSPS) is 15.7. The lowest BCUT2D eigenvalue weighted by Crippen LogP contribution is -2.45. The molecule has 29 heavy (non-hydrogen) atoms. The minimum atomic E-state index is -0.0879. The third-order valence-electron chi connectivity index (χ3n) is 5.26. The minimum absolute atomic E-state index is 0.0879. The maximum atomic E-state index is 12.7. The molecular weight excluding hydrogens is 388 g/mol. The van der Waals surface area contributed by atoms with Gasteiger partial charge in [-0.2, -0.15) is 0 Å². The number of pyridine rings is 2. The molecule has 152 valence electrons. The lowest BCUT2D eigenvalue weighted by molar-refractivity contribution is 0.0817. The molecule has 4 rings (SSSR count). The van der Waals surface area contributed by atoms with Gasteiger partial charge in [0.2, 0.25) is 0 Å². The Bertz CT molecular complexity index is 995. The van der Waals surface area contributed by atoms with Gasteiger partial charge in [-0.15, -0.1) is 0 Å². The van der Waals surface area contributed by atoms with Crippen LogP contribution in [0.15, 0.2) is 42.9 Å². The highest BCUT2D eigenvalue weighted by Gasteiger charge is 2.24. The number of amides is 1. The van der Waals surface area contributed by atoms with Crippen LogP contribution in [0.3, 0.4) is 0 Å². The highest BCUT2D eigenvalue weighted by molar-refractivity contribution is 6.30. The largest absolute Gasteiger partial charge is 0.343 e. The van der Waals surface area contributed by atoms with Gasteiger partial charge in [-0.1, -0.05) is 17.7 Å². The number of fused-ring (bicyclic) bond motifs is 1. The number of carbonyl (C=O) groups excluding carboxylic acids is 1. The zero-order valence-electron chi connectivity index (χ0n) is 16.8. The van der Waals surface area contributed by atoms with Crippen LogP contribution in [0.4, 0.5) is 0 Å². The van der Waals surface area contributed by atoms with Crippen molar-refractivity contribution in [3.63, 3.8) is 0 Å². The van der Waals surface area contributed by atoms with E-state index in [4.69, 9.17) is 11.6 Å². The number of aromatic nitrogens is 3. The topological polar surface area (TPSA) is 57.0 Å². The van der Waals surface area contributed by atoms with E-state index in [0.29, 0.717) is 17.3 Å². The van der Waals surface area contributed by atoms with E-state index >= 15 is 0 Å². The zero-order chi connectivity index (χ0) is 20.4. The third kappa shape index (κ3) is 4.42. The van der Waals surface area contributed by atoms with Crippen molar-refractivity contribution >= 4 is 23.2 Å². The molecule has 0 saturated carbocycles. The van der Waals surface area contributed by atoms with Crippen molar-refractivity contribution in [1.82, 2.24) is 29.1 Å². The predicted molar refractivity (Wildman–Crippen MR) is 113 cm³/mol. The smallest absolute Gasteiger partial charge is 0.273 e. The van der Waals surface area contributed by atoms with Crippen LogP contribution in [-0.2, 0) is 13.1 Å². The summed E-state index contributed by atoms with van der Waals surface area (Å²) in [7, 11) is 3.50. The number of halogens is 1. The van der Waals surface area contributed by atoms with Crippen LogP contribution in [0, 0.1) is 0 Å². The lowest BCUT2D eigenvalue weighted by atomic mass is 10.2. The van der Waals surface area contributed by atoms with Gasteiger partial charge in [-0.25, -0.2) is 4.98 Å². The Morgan fingerprint density at radius 2 is 1.83 bits per heavy atom. The van der Waals surface area contributed by atoms with Gasteiger partial charge in [0.25, 0.3) is 5.91 Å². The second-order valence-electron chi connectivity index (χ2n) is 7.60. The monoisotopic (exact) mass is 412 g/mol. The molecule has 1 amide bonds. The second-order valence-corrected chi connectivity index (χ2v) is 8.03. The summed E-state index contributed by atoms with van der Waals surface area (Å²) < 4.78 is 1.95. The summed E-state index contributed by atoms with van der Waals surface area (Å²) in [6.07, 6.45) is 5.56. The summed E-state index contributed by atoms with van der Waals surface area (Å²) >= 11 is 6.21. The third-order valence-corrected chi connectivity index (χ3v) is 5.48. The molecule has 1 aliphatic rings. The van der Waals surface area contributed by atoms with Crippen molar-refractivity contribution in [1.29, 1.82) is 0 Å². The first-order chi connectivity index (χ1) is 14.0. The average molecular weight is 413 g/mol. The molecule has 0 spiro atoms. The zero-order valence-corrected chi connectivity index (χ0v) is 17.5. The van der Waals surface area contributed by atoms with Gasteiger partial charge in [-0.05, 0) is 23.8 Å². The molecule has 0 aromatic carbocycles. The van der Waals surface area contributed by atoms with Crippen LogP contribution in [0.2, 0.25) is 5.02 Å². The molecule has 0 bridgehead atoms. The van der Waals surface area contributed by atoms with Crippen molar-refractivity contribution in [2.75, 3.05) is 40.3 Å². The molecule has 3 aromatic heterocycles. The van der Waals surface area contributed by atoms with E-state index in [2.05, 4.69) is 25.8 Å². The van der Waals surface area contributed by atoms with Gasteiger partial charge in [0.1, 0.15) is 5.65 Å². The predicted octanol–water partition coefficient (Wildman–Crippen LogP) is 2.40. The van der Waals surface area contributed by atoms with Crippen LogP contribution in [-0.4, -0.2) is 75.2 Å². The summed E-state index contributed by atoms with van der Waals surface area (Å²) in [5.41, 5.74) is 3.36. The van der Waals surface area contributed by atoms with Crippen LogP contribution >= 0.6 is 11.6 Å². The molecule has 1 aliphatic heterocycles. The number of imidazole rings is 1. The first-order valence-electron chi connectivity index (χ1n) is 9.73. The molecule has 0 aliphatic carbocycles. The van der Waals surface area contributed by atoms with Crippen LogP contribution in [0.25, 0.3) is 5.65 Å². The Hall–Kier alpha value is -2.48. The van der Waals surface area contributed by atoms with E-state index in [9.17, 15) is 4.79 Å². The summed E-state index contributed by atoms with van der Waals surface area (Å²) in [6, 6.07) is 7.74. The summed E-state index contributed by atoms with van der Waals surface area (Å²) in [5, 5.41) is 0.626. The molecule has 0 unspecified atom stereocenters.